The van der Waals surface area contributed by atoms with Gasteiger partial charge in [0.05, 0.1) is 10.3 Å². The van der Waals surface area contributed by atoms with Crippen molar-refractivity contribution in [3.05, 3.63) is 33.5 Å². The molecule has 0 radical (unpaired) electrons. The lowest BCUT2D eigenvalue weighted by molar-refractivity contribution is 0.123. The molecule has 3 rings (SSSR count). The van der Waals surface area contributed by atoms with Gasteiger partial charge in [-0.05, 0) is 47.4 Å². The van der Waals surface area contributed by atoms with Gasteiger partial charge in [0.25, 0.3) is 0 Å². The number of hydrogen-bond acceptors (Lipinski definition) is 4. The van der Waals surface area contributed by atoms with E-state index in [1.807, 2.05) is 22.3 Å². The molecule has 2 aromatic heterocycles. The zero-order valence-electron chi connectivity index (χ0n) is 10.7. The summed E-state index contributed by atoms with van der Waals surface area (Å²) in [6, 6.07) is 4.93. The quantitative estimate of drug-likeness (QED) is 0.857. The minimum absolute atomic E-state index is 0.580. The van der Waals surface area contributed by atoms with Gasteiger partial charge >= 0.3 is 0 Å². The van der Waals surface area contributed by atoms with Crippen molar-refractivity contribution in [2.75, 3.05) is 6.54 Å². The van der Waals surface area contributed by atoms with Crippen LogP contribution in [0.4, 0.5) is 0 Å². The molecule has 0 spiro atoms. The molecule has 4 nitrogen and oxygen atoms in total. The first-order valence-corrected chi connectivity index (χ1v) is 8.23. The Kier molecular flexibility index (Phi) is 4.30. The van der Waals surface area contributed by atoms with E-state index in [0.29, 0.717) is 6.04 Å². The van der Waals surface area contributed by atoms with E-state index in [1.54, 1.807) is 6.33 Å². The predicted molar refractivity (Wildman–Crippen MR) is 80.1 cm³/mol. The molecule has 0 N–H and O–H groups in total. The van der Waals surface area contributed by atoms with E-state index in [-0.39, 0.29) is 0 Å². The lowest BCUT2D eigenvalue weighted by atomic mass is 10.0. The minimum Gasteiger partial charge on any atom is -0.293 e. The third kappa shape index (κ3) is 3.43. The Morgan fingerprint density at radius 1 is 1.37 bits per heavy atom. The second kappa shape index (κ2) is 6.15. The summed E-state index contributed by atoms with van der Waals surface area (Å²) >= 11 is 5.37. The molecule has 6 heteroatoms. The Balaban J connectivity index is 1.66. The van der Waals surface area contributed by atoms with Crippen LogP contribution in [0.1, 0.15) is 24.1 Å². The highest BCUT2D eigenvalue weighted by molar-refractivity contribution is 9.11. The van der Waals surface area contributed by atoms with Gasteiger partial charge < -0.3 is 0 Å². The molecule has 0 unspecified atom stereocenters. The molecular formula is C13H17BrN4S. The lowest BCUT2D eigenvalue weighted by Crippen LogP contribution is -2.41. The first kappa shape index (κ1) is 13.3. The van der Waals surface area contributed by atoms with Crippen LogP contribution in [0.15, 0.2) is 28.6 Å². The number of hydrogen-bond donors (Lipinski definition) is 0. The van der Waals surface area contributed by atoms with Crippen molar-refractivity contribution in [1.82, 2.24) is 19.7 Å². The Morgan fingerprint density at radius 2 is 2.32 bits per heavy atom. The van der Waals surface area contributed by atoms with Gasteiger partial charge in [-0.1, -0.05) is 6.42 Å². The monoisotopic (exact) mass is 340 g/mol. The molecule has 0 aromatic carbocycles. The maximum Gasteiger partial charge on any atom is 0.137 e. The smallest absolute Gasteiger partial charge is 0.137 e. The van der Waals surface area contributed by atoms with Gasteiger partial charge in [-0.3, -0.25) is 9.58 Å². The zero-order chi connectivity index (χ0) is 13.1. The number of thiophene rings is 1. The zero-order valence-corrected chi connectivity index (χ0v) is 13.1. The average molecular weight is 341 g/mol. The summed E-state index contributed by atoms with van der Waals surface area (Å²) in [5.74, 6) is 0. The van der Waals surface area contributed by atoms with Gasteiger partial charge in [0.15, 0.2) is 0 Å². The third-order valence-electron chi connectivity index (χ3n) is 3.60. The second-order valence-electron chi connectivity index (χ2n) is 4.94. The molecule has 2 aromatic rings. The molecule has 19 heavy (non-hydrogen) atoms. The summed E-state index contributed by atoms with van der Waals surface area (Å²) in [6.07, 6.45) is 7.31. The molecule has 1 aliphatic heterocycles. The van der Waals surface area contributed by atoms with Crippen LogP contribution < -0.4 is 0 Å². The fourth-order valence-electron chi connectivity index (χ4n) is 2.65. The molecule has 0 bridgehead atoms. The number of rotatable bonds is 4. The molecule has 1 aliphatic rings. The van der Waals surface area contributed by atoms with Crippen molar-refractivity contribution in [2.45, 2.75) is 38.4 Å². The number of nitrogens with zero attached hydrogens (tertiary/aromatic N) is 4. The van der Waals surface area contributed by atoms with Crippen molar-refractivity contribution in [1.29, 1.82) is 0 Å². The maximum atomic E-state index is 4.23. The van der Waals surface area contributed by atoms with Crippen LogP contribution in [0.2, 0.25) is 0 Å². The highest BCUT2D eigenvalue weighted by Gasteiger charge is 2.23. The van der Waals surface area contributed by atoms with Crippen molar-refractivity contribution in [2.24, 2.45) is 0 Å². The first-order valence-electron chi connectivity index (χ1n) is 6.62. The molecule has 1 atom stereocenters. The van der Waals surface area contributed by atoms with Gasteiger partial charge in [0.2, 0.25) is 0 Å². The fraction of sp³-hybridized carbons (Fsp3) is 0.538. The summed E-state index contributed by atoms with van der Waals surface area (Å²) in [7, 11) is 0. The van der Waals surface area contributed by atoms with E-state index >= 15 is 0 Å². The van der Waals surface area contributed by atoms with E-state index in [4.69, 9.17) is 0 Å². The largest absolute Gasteiger partial charge is 0.293 e. The number of halogens is 1. The maximum absolute atomic E-state index is 4.23. The SMILES string of the molecule is Brc1ccc(CN2CCCC[C@H]2Cn2cncn2)s1. The van der Waals surface area contributed by atoms with Gasteiger partial charge in [-0.2, -0.15) is 5.10 Å². The molecule has 1 fully saturated rings. The number of aromatic nitrogens is 3. The molecule has 0 aliphatic carbocycles. The van der Waals surface area contributed by atoms with E-state index in [1.165, 1.54) is 34.5 Å². The van der Waals surface area contributed by atoms with Crippen molar-refractivity contribution >= 4 is 27.3 Å². The Hall–Kier alpha value is -0.720. The summed E-state index contributed by atoms with van der Waals surface area (Å²) in [5, 5.41) is 4.23. The summed E-state index contributed by atoms with van der Waals surface area (Å²) in [4.78, 5) is 8.04. The molecule has 102 valence electrons. The second-order valence-corrected chi connectivity index (χ2v) is 7.49. The van der Waals surface area contributed by atoms with Crippen LogP contribution in [0, 0.1) is 0 Å². The summed E-state index contributed by atoms with van der Waals surface area (Å²) in [5.41, 5.74) is 0. The topological polar surface area (TPSA) is 34.0 Å². The van der Waals surface area contributed by atoms with Crippen LogP contribution in [0.5, 0.6) is 0 Å². The summed E-state index contributed by atoms with van der Waals surface area (Å²) < 4.78 is 3.17. The van der Waals surface area contributed by atoms with E-state index in [9.17, 15) is 0 Å². The van der Waals surface area contributed by atoms with Gasteiger partial charge in [0, 0.05) is 17.5 Å². The number of piperidine rings is 1. The van der Waals surface area contributed by atoms with Crippen molar-refractivity contribution in [3.63, 3.8) is 0 Å². The van der Waals surface area contributed by atoms with E-state index in [0.717, 1.165) is 13.1 Å². The highest BCUT2D eigenvalue weighted by Crippen LogP contribution is 2.26. The Bertz CT molecular complexity index is 510. The van der Waals surface area contributed by atoms with Gasteiger partial charge in [0.1, 0.15) is 12.7 Å². The standard InChI is InChI=1S/C13H17BrN4S/c14-13-5-4-12(19-13)8-17-6-2-1-3-11(17)7-18-10-15-9-16-18/h4-5,9-11H,1-3,6-8H2/t11-/m0/s1. The van der Waals surface area contributed by atoms with Gasteiger partial charge in [-0.15, -0.1) is 11.3 Å². The van der Waals surface area contributed by atoms with Crippen LogP contribution in [-0.2, 0) is 13.1 Å². The Morgan fingerprint density at radius 3 is 3.05 bits per heavy atom. The molecule has 0 saturated carbocycles. The first-order chi connectivity index (χ1) is 9.31. The molecule has 1 saturated heterocycles. The summed E-state index contributed by atoms with van der Waals surface area (Å²) in [6.45, 7) is 3.19. The molecule has 3 heterocycles. The Labute approximate surface area is 125 Å². The normalized spacial score (nSPS) is 20.8. The van der Waals surface area contributed by atoms with E-state index in [2.05, 4.69) is 43.0 Å². The van der Waals surface area contributed by atoms with Gasteiger partial charge in [-0.25, -0.2) is 4.98 Å². The van der Waals surface area contributed by atoms with Crippen LogP contribution in [0.3, 0.4) is 0 Å². The molecule has 0 amide bonds. The fourth-order valence-corrected chi connectivity index (χ4v) is 4.16. The number of likely N-dealkylation sites (tertiary alicyclic amines) is 1. The van der Waals surface area contributed by atoms with E-state index < -0.39 is 0 Å². The molecular weight excluding hydrogens is 324 g/mol. The minimum atomic E-state index is 0.580. The average Bonchev–Trinajstić information content (AvgIpc) is 3.04. The van der Waals surface area contributed by atoms with Crippen molar-refractivity contribution in [3.8, 4) is 0 Å². The van der Waals surface area contributed by atoms with Crippen molar-refractivity contribution < 1.29 is 0 Å². The van der Waals surface area contributed by atoms with Crippen LogP contribution in [-0.4, -0.2) is 32.3 Å². The van der Waals surface area contributed by atoms with Crippen LogP contribution >= 0.6 is 27.3 Å². The lowest BCUT2D eigenvalue weighted by Gasteiger charge is -2.35. The van der Waals surface area contributed by atoms with Crippen LogP contribution in [0.25, 0.3) is 0 Å². The highest BCUT2D eigenvalue weighted by atomic mass is 79.9. The third-order valence-corrected chi connectivity index (χ3v) is 5.21. The predicted octanol–water partition coefficient (Wildman–Crippen LogP) is 3.16.